The number of benzene rings is 1. The molecule has 0 unspecified atom stereocenters. The molecule has 0 saturated heterocycles. The third-order valence-electron chi connectivity index (χ3n) is 3.23. The van der Waals surface area contributed by atoms with Gasteiger partial charge in [-0.05, 0) is 44.0 Å². The first-order valence-corrected chi connectivity index (χ1v) is 5.56. The van der Waals surface area contributed by atoms with Crippen LogP contribution in [0.2, 0.25) is 0 Å². The number of aromatic amines is 1. The minimum atomic E-state index is 0.0306. The van der Waals surface area contributed by atoms with Crippen molar-refractivity contribution in [2.45, 2.75) is 25.3 Å². The fourth-order valence-corrected chi connectivity index (χ4v) is 1.85. The Morgan fingerprint density at radius 2 is 2.19 bits per heavy atom. The molecular formula is C13H14N2O. The van der Waals surface area contributed by atoms with Crippen molar-refractivity contribution in [3.8, 4) is 0 Å². The van der Waals surface area contributed by atoms with E-state index < -0.39 is 0 Å². The van der Waals surface area contributed by atoms with E-state index in [4.69, 9.17) is 0 Å². The predicted molar refractivity (Wildman–Crippen MR) is 63.4 cm³/mol. The van der Waals surface area contributed by atoms with Crippen LogP contribution in [0.15, 0.2) is 30.5 Å². The highest BCUT2D eigenvalue weighted by atomic mass is 16.1. The van der Waals surface area contributed by atoms with Crippen molar-refractivity contribution in [2.75, 3.05) is 0 Å². The van der Waals surface area contributed by atoms with E-state index in [1.807, 2.05) is 30.5 Å². The van der Waals surface area contributed by atoms with E-state index in [9.17, 15) is 4.79 Å². The first kappa shape index (κ1) is 9.46. The van der Waals surface area contributed by atoms with Gasteiger partial charge in [0, 0.05) is 28.2 Å². The molecule has 0 aliphatic heterocycles. The lowest BCUT2D eigenvalue weighted by molar-refractivity contribution is 0.0935. The summed E-state index contributed by atoms with van der Waals surface area (Å²) in [5.41, 5.74) is 1.85. The summed E-state index contributed by atoms with van der Waals surface area (Å²) in [5, 5.41) is 4.13. The van der Waals surface area contributed by atoms with Crippen molar-refractivity contribution >= 4 is 16.8 Å². The van der Waals surface area contributed by atoms with Crippen LogP contribution >= 0.6 is 0 Å². The molecule has 1 aromatic heterocycles. The third-order valence-corrected chi connectivity index (χ3v) is 3.23. The van der Waals surface area contributed by atoms with Gasteiger partial charge < -0.3 is 10.3 Å². The molecule has 0 atom stereocenters. The van der Waals surface area contributed by atoms with Crippen molar-refractivity contribution in [1.29, 1.82) is 0 Å². The maximum absolute atomic E-state index is 11.9. The molecule has 0 spiro atoms. The summed E-state index contributed by atoms with van der Waals surface area (Å²) in [5.74, 6) is 0.0306. The summed E-state index contributed by atoms with van der Waals surface area (Å²) in [7, 11) is 0. The molecule has 1 heterocycles. The van der Waals surface area contributed by atoms with Crippen LogP contribution in [-0.2, 0) is 0 Å². The Morgan fingerprint density at radius 1 is 1.38 bits per heavy atom. The van der Waals surface area contributed by atoms with Crippen molar-refractivity contribution in [3.63, 3.8) is 0 Å². The van der Waals surface area contributed by atoms with E-state index in [1.54, 1.807) is 0 Å². The highest BCUT2D eigenvalue weighted by Crippen LogP contribution is 2.34. The third kappa shape index (κ3) is 1.58. The van der Waals surface area contributed by atoms with Gasteiger partial charge in [0.2, 0.25) is 0 Å². The van der Waals surface area contributed by atoms with E-state index in [0.717, 1.165) is 29.3 Å². The first-order valence-electron chi connectivity index (χ1n) is 5.56. The maximum Gasteiger partial charge on any atom is 0.251 e. The molecule has 3 heteroatoms. The number of aromatic nitrogens is 1. The smallest absolute Gasteiger partial charge is 0.251 e. The SMILES string of the molecule is CC1(NC(=O)c2ccc3[nH]ccc3c2)CC1. The highest BCUT2D eigenvalue weighted by Gasteiger charge is 2.38. The number of carbonyl (C=O) groups is 1. The summed E-state index contributed by atoms with van der Waals surface area (Å²) in [6.07, 6.45) is 4.06. The van der Waals surface area contributed by atoms with Crippen LogP contribution in [0.1, 0.15) is 30.1 Å². The summed E-state index contributed by atoms with van der Waals surface area (Å²) in [6.45, 7) is 2.08. The average Bonchev–Trinajstić information content (AvgIpc) is 2.82. The predicted octanol–water partition coefficient (Wildman–Crippen LogP) is 2.45. The fraction of sp³-hybridized carbons (Fsp3) is 0.308. The molecule has 16 heavy (non-hydrogen) atoms. The molecule has 3 nitrogen and oxygen atoms in total. The number of H-pyrrole nitrogens is 1. The van der Waals surface area contributed by atoms with Gasteiger partial charge in [0.25, 0.3) is 5.91 Å². The largest absolute Gasteiger partial charge is 0.361 e. The van der Waals surface area contributed by atoms with Gasteiger partial charge in [0.05, 0.1) is 0 Å². The number of hydrogen-bond donors (Lipinski definition) is 2. The molecule has 82 valence electrons. The van der Waals surface area contributed by atoms with Gasteiger partial charge in [-0.25, -0.2) is 0 Å². The van der Waals surface area contributed by atoms with Crippen LogP contribution in [0.4, 0.5) is 0 Å². The molecule has 1 aromatic carbocycles. The van der Waals surface area contributed by atoms with Crippen LogP contribution in [0.3, 0.4) is 0 Å². The second-order valence-corrected chi connectivity index (χ2v) is 4.79. The lowest BCUT2D eigenvalue weighted by Gasteiger charge is -2.11. The summed E-state index contributed by atoms with van der Waals surface area (Å²) < 4.78 is 0. The molecule has 2 aromatic rings. The molecule has 1 saturated carbocycles. The quantitative estimate of drug-likeness (QED) is 0.792. The normalized spacial score (nSPS) is 17.3. The standard InChI is InChI=1S/C13H14N2O/c1-13(5-6-13)15-12(16)10-2-3-11-9(8-10)4-7-14-11/h2-4,7-8,14H,5-6H2,1H3,(H,15,16). The van der Waals surface area contributed by atoms with Crippen LogP contribution in [0.5, 0.6) is 0 Å². The Hall–Kier alpha value is -1.77. The summed E-state index contributed by atoms with van der Waals surface area (Å²) in [4.78, 5) is 15.1. The van der Waals surface area contributed by atoms with Gasteiger partial charge >= 0.3 is 0 Å². The van der Waals surface area contributed by atoms with E-state index >= 15 is 0 Å². The Bertz CT molecular complexity index is 552. The average molecular weight is 214 g/mol. The maximum atomic E-state index is 11.9. The van der Waals surface area contributed by atoms with Crippen LogP contribution in [0.25, 0.3) is 10.9 Å². The molecule has 3 rings (SSSR count). The second kappa shape index (κ2) is 3.11. The van der Waals surface area contributed by atoms with Crippen LogP contribution in [0, 0.1) is 0 Å². The van der Waals surface area contributed by atoms with Gasteiger partial charge in [-0.3, -0.25) is 4.79 Å². The van der Waals surface area contributed by atoms with Crippen molar-refractivity contribution < 1.29 is 4.79 Å². The Balaban J connectivity index is 1.89. The molecule has 1 fully saturated rings. The van der Waals surface area contributed by atoms with E-state index in [2.05, 4.69) is 17.2 Å². The zero-order chi connectivity index (χ0) is 11.2. The topological polar surface area (TPSA) is 44.9 Å². The molecule has 0 bridgehead atoms. The van der Waals surface area contributed by atoms with Crippen LogP contribution in [-0.4, -0.2) is 16.4 Å². The molecule has 1 aliphatic rings. The first-order chi connectivity index (χ1) is 7.66. The molecule has 0 radical (unpaired) electrons. The number of carbonyl (C=O) groups excluding carboxylic acids is 1. The number of nitrogens with one attached hydrogen (secondary N) is 2. The van der Waals surface area contributed by atoms with Crippen molar-refractivity contribution in [2.24, 2.45) is 0 Å². The molecule has 1 aliphatic carbocycles. The Labute approximate surface area is 93.9 Å². The molecule has 2 N–H and O–H groups in total. The zero-order valence-corrected chi connectivity index (χ0v) is 9.21. The van der Waals surface area contributed by atoms with Gasteiger partial charge in [0.1, 0.15) is 0 Å². The minimum absolute atomic E-state index is 0.0306. The fourth-order valence-electron chi connectivity index (χ4n) is 1.85. The van der Waals surface area contributed by atoms with Crippen LogP contribution < -0.4 is 5.32 Å². The van der Waals surface area contributed by atoms with Gasteiger partial charge in [0.15, 0.2) is 0 Å². The number of amides is 1. The number of rotatable bonds is 2. The molecule has 1 amide bonds. The van der Waals surface area contributed by atoms with E-state index in [-0.39, 0.29) is 11.4 Å². The Morgan fingerprint density at radius 3 is 2.94 bits per heavy atom. The van der Waals surface area contributed by atoms with E-state index in [1.165, 1.54) is 0 Å². The summed E-state index contributed by atoms with van der Waals surface area (Å²) in [6, 6.07) is 7.71. The zero-order valence-electron chi connectivity index (χ0n) is 9.21. The highest BCUT2D eigenvalue weighted by molar-refractivity contribution is 5.98. The van der Waals surface area contributed by atoms with Gasteiger partial charge in [-0.2, -0.15) is 0 Å². The van der Waals surface area contributed by atoms with Crippen molar-refractivity contribution in [1.82, 2.24) is 10.3 Å². The number of fused-ring (bicyclic) bond motifs is 1. The number of hydrogen-bond acceptors (Lipinski definition) is 1. The van der Waals surface area contributed by atoms with Gasteiger partial charge in [-0.15, -0.1) is 0 Å². The Kier molecular flexibility index (Phi) is 1.84. The minimum Gasteiger partial charge on any atom is -0.361 e. The van der Waals surface area contributed by atoms with E-state index in [0.29, 0.717) is 0 Å². The lowest BCUT2D eigenvalue weighted by Crippen LogP contribution is -2.34. The second-order valence-electron chi connectivity index (χ2n) is 4.79. The summed E-state index contributed by atoms with van der Waals surface area (Å²) >= 11 is 0. The monoisotopic (exact) mass is 214 g/mol. The lowest BCUT2D eigenvalue weighted by atomic mass is 10.1. The van der Waals surface area contributed by atoms with Crippen molar-refractivity contribution in [3.05, 3.63) is 36.0 Å². The molecular weight excluding hydrogens is 200 g/mol. The van der Waals surface area contributed by atoms with Gasteiger partial charge in [-0.1, -0.05) is 0 Å².